The summed E-state index contributed by atoms with van der Waals surface area (Å²) in [6, 6.07) is 6.60. The summed E-state index contributed by atoms with van der Waals surface area (Å²) in [4.78, 5) is 4.73. The van der Waals surface area contributed by atoms with Crippen molar-refractivity contribution in [3.63, 3.8) is 0 Å². The first-order valence-electron chi connectivity index (χ1n) is 6.25. The molecule has 0 fully saturated rings. The van der Waals surface area contributed by atoms with Crippen LogP contribution in [0.25, 0.3) is 0 Å². The fourth-order valence-corrected chi connectivity index (χ4v) is 2.28. The molecule has 16 heavy (non-hydrogen) atoms. The van der Waals surface area contributed by atoms with Gasteiger partial charge in [0.2, 0.25) is 0 Å². The van der Waals surface area contributed by atoms with Crippen LogP contribution in [0.4, 0.5) is 0 Å². The molecule has 0 spiro atoms. The molecule has 0 atom stereocenters. The molecule has 0 aromatic carbocycles. The molecule has 0 saturated heterocycles. The van der Waals surface area contributed by atoms with Crippen molar-refractivity contribution in [1.82, 2.24) is 4.98 Å². The molecule has 1 heterocycles. The van der Waals surface area contributed by atoms with E-state index in [1.807, 2.05) is 0 Å². The third-order valence-corrected chi connectivity index (χ3v) is 3.21. The summed E-state index contributed by atoms with van der Waals surface area (Å²) in [5.74, 6) is 0. The number of fused-ring (bicyclic) bond motifs is 1. The summed E-state index contributed by atoms with van der Waals surface area (Å²) in [6.45, 7) is 0. The summed E-state index contributed by atoms with van der Waals surface area (Å²) >= 11 is 0. The number of nitriles is 1. The van der Waals surface area contributed by atoms with Crippen LogP contribution >= 0.6 is 0 Å². The largest absolute Gasteiger partial charge is 0.258 e. The van der Waals surface area contributed by atoms with Gasteiger partial charge < -0.3 is 0 Å². The molecule has 0 amide bonds. The molecule has 0 aliphatic heterocycles. The first kappa shape index (κ1) is 11.1. The Hall–Kier alpha value is -1.36. The quantitative estimate of drug-likeness (QED) is 0.722. The minimum Gasteiger partial charge on any atom is -0.258 e. The Morgan fingerprint density at radius 1 is 1.19 bits per heavy atom. The zero-order chi connectivity index (χ0) is 11.2. The molecule has 0 radical (unpaired) electrons. The van der Waals surface area contributed by atoms with Gasteiger partial charge in [-0.25, -0.2) is 0 Å². The molecule has 1 aliphatic carbocycles. The van der Waals surface area contributed by atoms with Crippen molar-refractivity contribution in [1.29, 1.82) is 5.26 Å². The van der Waals surface area contributed by atoms with Gasteiger partial charge in [0, 0.05) is 17.8 Å². The molecular formula is C14H18N2. The van der Waals surface area contributed by atoms with E-state index in [-0.39, 0.29) is 0 Å². The Morgan fingerprint density at radius 3 is 2.94 bits per heavy atom. The molecule has 0 unspecified atom stereocenters. The van der Waals surface area contributed by atoms with E-state index in [0.29, 0.717) is 6.42 Å². The van der Waals surface area contributed by atoms with Crippen molar-refractivity contribution >= 4 is 0 Å². The van der Waals surface area contributed by atoms with Crippen LogP contribution in [0.5, 0.6) is 0 Å². The fraction of sp³-hybridized carbons (Fsp3) is 0.571. The van der Waals surface area contributed by atoms with Gasteiger partial charge in [-0.1, -0.05) is 6.07 Å². The van der Waals surface area contributed by atoms with Crippen LogP contribution in [0, 0.1) is 11.3 Å². The van der Waals surface area contributed by atoms with Gasteiger partial charge in [-0.3, -0.25) is 4.98 Å². The molecule has 84 valence electrons. The van der Waals surface area contributed by atoms with Crippen LogP contribution in [0.3, 0.4) is 0 Å². The van der Waals surface area contributed by atoms with Gasteiger partial charge >= 0.3 is 0 Å². The summed E-state index contributed by atoms with van der Waals surface area (Å²) in [6.07, 6.45) is 8.74. The molecule has 2 rings (SSSR count). The second-order valence-corrected chi connectivity index (χ2v) is 4.48. The van der Waals surface area contributed by atoms with Gasteiger partial charge in [-0.05, 0) is 56.6 Å². The highest BCUT2D eigenvalue weighted by Crippen LogP contribution is 2.20. The predicted octanol–water partition coefficient (Wildman–Crippen LogP) is 3.20. The Morgan fingerprint density at radius 2 is 2.06 bits per heavy atom. The smallest absolute Gasteiger partial charge is 0.0621 e. The van der Waals surface area contributed by atoms with Gasteiger partial charge in [-0.15, -0.1) is 0 Å². The molecule has 0 bridgehead atoms. The Balaban J connectivity index is 1.93. The van der Waals surface area contributed by atoms with Gasteiger partial charge in [0.15, 0.2) is 0 Å². The van der Waals surface area contributed by atoms with Crippen molar-refractivity contribution in [2.45, 2.75) is 51.4 Å². The van der Waals surface area contributed by atoms with E-state index < -0.39 is 0 Å². The third kappa shape index (κ3) is 2.82. The van der Waals surface area contributed by atoms with E-state index in [9.17, 15) is 0 Å². The number of aryl methyl sites for hydroxylation is 3. The highest BCUT2D eigenvalue weighted by Gasteiger charge is 2.10. The van der Waals surface area contributed by atoms with E-state index >= 15 is 0 Å². The molecule has 2 heteroatoms. The van der Waals surface area contributed by atoms with Crippen molar-refractivity contribution in [2.24, 2.45) is 0 Å². The second kappa shape index (κ2) is 5.65. The van der Waals surface area contributed by atoms with Gasteiger partial charge in [0.25, 0.3) is 0 Å². The normalized spacial score (nSPS) is 14.2. The predicted molar refractivity (Wildman–Crippen MR) is 64.0 cm³/mol. The van der Waals surface area contributed by atoms with Crippen LogP contribution in [-0.4, -0.2) is 4.98 Å². The minimum absolute atomic E-state index is 0.672. The lowest BCUT2D eigenvalue weighted by atomic mass is 9.95. The number of hydrogen-bond acceptors (Lipinski definition) is 2. The molecule has 1 aromatic heterocycles. The topological polar surface area (TPSA) is 36.7 Å². The molecular weight excluding hydrogens is 196 g/mol. The van der Waals surface area contributed by atoms with E-state index in [2.05, 4.69) is 18.2 Å². The monoisotopic (exact) mass is 214 g/mol. The number of pyridine rings is 1. The zero-order valence-corrected chi connectivity index (χ0v) is 9.71. The first-order valence-corrected chi connectivity index (χ1v) is 6.25. The van der Waals surface area contributed by atoms with E-state index in [1.165, 1.54) is 36.2 Å². The minimum atomic E-state index is 0.672. The maximum Gasteiger partial charge on any atom is 0.0621 e. The molecule has 2 nitrogen and oxygen atoms in total. The van der Waals surface area contributed by atoms with Crippen molar-refractivity contribution in [3.8, 4) is 6.07 Å². The number of rotatable bonds is 4. The van der Waals surface area contributed by atoms with Gasteiger partial charge in [-0.2, -0.15) is 5.26 Å². The fourth-order valence-electron chi connectivity index (χ4n) is 2.28. The number of hydrogen-bond donors (Lipinski definition) is 0. The maximum atomic E-state index is 8.46. The lowest BCUT2D eigenvalue weighted by Crippen LogP contribution is -2.06. The zero-order valence-electron chi connectivity index (χ0n) is 9.71. The summed E-state index contributed by atoms with van der Waals surface area (Å²) in [7, 11) is 0. The van der Waals surface area contributed by atoms with Crippen LogP contribution in [-0.2, 0) is 19.3 Å². The van der Waals surface area contributed by atoms with Crippen molar-refractivity contribution in [2.75, 3.05) is 0 Å². The SMILES string of the molecule is N#CCCCCc1ccc2c(n1)CCCC2. The molecule has 1 aliphatic rings. The standard InChI is InChI=1S/C14H18N2/c15-11-5-1-2-7-13-10-9-12-6-3-4-8-14(12)16-13/h9-10H,1-8H2. The summed E-state index contributed by atoms with van der Waals surface area (Å²) in [5.41, 5.74) is 3.98. The van der Waals surface area contributed by atoms with Crippen molar-refractivity contribution in [3.05, 3.63) is 29.1 Å². The van der Waals surface area contributed by atoms with Gasteiger partial charge in [0.05, 0.1) is 6.07 Å². The second-order valence-electron chi connectivity index (χ2n) is 4.48. The van der Waals surface area contributed by atoms with Crippen LogP contribution in [0.15, 0.2) is 12.1 Å². The Kier molecular flexibility index (Phi) is 3.93. The maximum absolute atomic E-state index is 8.46. The number of aromatic nitrogens is 1. The average Bonchev–Trinajstić information content (AvgIpc) is 2.34. The van der Waals surface area contributed by atoms with Gasteiger partial charge in [0.1, 0.15) is 0 Å². The molecule has 0 N–H and O–H groups in total. The number of nitrogens with zero attached hydrogens (tertiary/aromatic N) is 2. The van der Waals surface area contributed by atoms with Crippen molar-refractivity contribution < 1.29 is 0 Å². The highest BCUT2D eigenvalue weighted by atomic mass is 14.7. The first-order chi connectivity index (χ1) is 7.90. The van der Waals surface area contributed by atoms with Crippen LogP contribution in [0.1, 0.15) is 49.1 Å². The summed E-state index contributed by atoms with van der Waals surface area (Å²) in [5, 5.41) is 8.46. The lowest BCUT2D eigenvalue weighted by Gasteiger charge is -2.15. The Labute approximate surface area is 97.3 Å². The molecule has 1 aromatic rings. The van der Waals surface area contributed by atoms with E-state index in [0.717, 1.165) is 25.7 Å². The van der Waals surface area contributed by atoms with E-state index in [4.69, 9.17) is 10.2 Å². The Bertz CT molecular complexity index is 390. The van der Waals surface area contributed by atoms with Crippen LogP contribution in [0.2, 0.25) is 0 Å². The summed E-state index contributed by atoms with van der Waals surface area (Å²) < 4.78 is 0. The molecule has 0 saturated carbocycles. The number of unbranched alkanes of at least 4 members (excludes halogenated alkanes) is 2. The average molecular weight is 214 g/mol. The van der Waals surface area contributed by atoms with Crippen LogP contribution < -0.4 is 0 Å². The highest BCUT2D eigenvalue weighted by molar-refractivity contribution is 5.25. The lowest BCUT2D eigenvalue weighted by molar-refractivity contribution is 0.657. The van der Waals surface area contributed by atoms with E-state index in [1.54, 1.807) is 0 Å². The third-order valence-electron chi connectivity index (χ3n) is 3.21.